The molecule has 5 rings (SSSR count). The summed E-state index contributed by atoms with van der Waals surface area (Å²) >= 11 is 0. The van der Waals surface area contributed by atoms with Gasteiger partial charge in [-0.3, -0.25) is 15.0 Å². The minimum Gasteiger partial charge on any atom is -0.486 e. The molecule has 3 N–H and O–H groups in total. The summed E-state index contributed by atoms with van der Waals surface area (Å²) in [6, 6.07) is 12.8. The lowest BCUT2D eigenvalue weighted by molar-refractivity contribution is 0.0920. The van der Waals surface area contributed by atoms with Gasteiger partial charge in [0, 0.05) is 36.1 Å². The number of halogens is 1. The molecule has 1 saturated heterocycles. The van der Waals surface area contributed by atoms with Crippen molar-refractivity contribution in [2.75, 3.05) is 26.9 Å². The number of fused-ring (bicyclic) bond motifs is 2. The Labute approximate surface area is 179 Å². The number of hydrogen-bond donors (Lipinski definition) is 3. The van der Waals surface area contributed by atoms with Crippen molar-refractivity contribution < 1.29 is 23.5 Å². The van der Waals surface area contributed by atoms with Crippen LogP contribution in [0.2, 0.25) is 0 Å². The van der Waals surface area contributed by atoms with Crippen molar-refractivity contribution in [1.82, 2.24) is 16.2 Å². The minimum absolute atomic E-state index is 0.210. The maximum Gasteiger partial charge on any atom is 0.265 e. The van der Waals surface area contributed by atoms with Crippen LogP contribution in [0.1, 0.15) is 37.8 Å². The molecule has 2 heterocycles. The van der Waals surface area contributed by atoms with E-state index in [9.17, 15) is 14.0 Å². The van der Waals surface area contributed by atoms with Crippen LogP contribution < -0.4 is 20.9 Å². The number of nitrogens with one attached hydrogen (secondary N) is 3. The fourth-order valence-corrected chi connectivity index (χ4v) is 4.72. The van der Waals surface area contributed by atoms with E-state index in [2.05, 4.69) is 16.2 Å². The van der Waals surface area contributed by atoms with E-state index < -0.39 is 18.7 Å². The molecular formula is C23H24FN3O4. The normalized spacial score (nSPS) is 27.7. The Morgan fingerprint density at radius 3 is 2.52 bits per heavy atom. The van der Waals surface area contributed by atoms with Crippen molar-refractivity contribution >= 4 is 11.8 Å². The maximum absolute atomic E-state index is 13.9. The van der Waals surface area contributed by atoms with E-state index in [4.69, 9.17) is 9.47 Å². The molecule has 2 aliphatic heterocycles. The predicted molar refractivity (Wildman–Crippen MR) is 111 cm³/mol. The van der Waals surface area contributed by atoms with Gasteiger partial charge in [-0.15, -0.1) is 0 Å². The van der Waals surface area contributed by atoms with Gasteiger partial charge in [0.1, 0.15) is 18.5 Å². The van der Waals surface area contributed by atoms with Crippen LogP contribution in [-0.2, 0) is 4.74 Å². The third kappa shape index (κ3) is 3.45. The first-order valence-corrected chi connectivity index (χ1v) is 10.4. The number of carbonyl (C=O) groups is 2. The summed E-state index contributed by atoms with van der Waals surface area (Å²) in [6.45, 7) is 0.703. The number of rotatable bonds is 6. The third-order valence-corrected chi connectivity index (χ3v) is 6.44. The molecule has 0 bridgehead atoms. The first-order chi connectivity index (χ1) is 15.1. The second-order valence-electron chi connectivity index (χ2n) is 8.21. The van der Waals surface area contributed by atoms with E-state index in [-0.39, 0.29) is 23.4 Å². The van der Waals surface area contributed by atoms with Crippen LogP contribution >= 0.6 is 0 Å². The summed E-state index contributed by atoms with van der Waals surface area (Å²) in [5, 5.41) is 2.58. The number of alkyl halides is 1. The highest BCUT2D eigenvalue weighted by Gasteiger charge is 2.54. The van der Waals surface area contributed by atoms with Crippen LogP contribution in [0.3, 0.4) is 0 Å². The van der Waals surface area contributed by atoms with Gasteiger partial charge in [0.25, 0.3) is 11.8 Å². The molecule has 1 aliphatic carbocycles. The molecular weight excluding hydrogens is 401 g/mol. The van der Waals surface area contributed by atoms with E-state index >= 15 is 0 Å². The Morgan fingerprint density at radius 1 is 1.10 bits per heavy atom. The van der Waals surface area contributed by atoms with Crippen molar-refractivity contribution in [1.29, 1.82) is 0 Å². The predicted octanol–water partition coefficient (Wildman–Crippen LogP) is 1.79. The van der Waals surface area contributed by atoms with Crippen LogP contribution in [0.4, 0.5) is 4.39 Å². The Morgan fingerprint density at radius 2 is 1.84 bits per heavy atom. The molecule has 1 saturated carbocycles. The van der Waals surface area contributed by atoms with Crippen LogP contribution in [-0.4, -0.2) is 50.9 Å². The molecule has 0 aromatic heterocycles. The smallest absolute Gasteiger partial charge is 0.265 e. The second-order valence-corrected chi connectivity index (χ2v) is 8.21. The molecule has 8 heteroatoms. The van der Waals surface area contributed by atoms with E-state index in [1.807, 2.05) is 30.3 Å². The zero-order chi connectivity index (χ0) is 21.5. The molecule has 3 aliphatic rings. The van der Waals surface area contributed by atoms with Crippen LogP contribution in [0.15, 0.2) is 42.5 Å². The summed E-state index contributed by atoms with van der Waals surface area (Å²) in [7, 11) is 1.51. The van der Waals surface area contributed by atoms with Crippen molar-refractivity contribution in [2.24, 2.45) is 11.8 Å². The average molecular weight is 425 g/mol. The van der Waals surface area contributed by atoms with Gasteiger partial charge in [-0.05, 0) is 17.7 Å². The second kappa shape index (κ2) is 7.94. The molecule has 5 atom stereocenters. The van der Waals surface area contributed by atoms with Crippen molar-refractivity contribution in [3.8, 4) is 5.75 Å². The lowest BCUT2D eigenvalue weighted by Gasteiger charge is -2.16. The Hall–Kier alpha value is -2.97. The first-order valence-electron chi connectivity index (χ1n) is 10.4. The molecule has 0 radical (unpaired) electrons. The monoisotopic (exact) mass is 425 g/mol. The topological polar surface area (TPSA) is 88.7 Å². The summed E-state index contributed by atoms with van der Waals surface area (Å²) in [4.78, 5) is 25.5. The summed E-state index contributed by atoms with van der Waals surface area (Å²) < 4.78 is 25.1. The first kappa shape index (κ1) is 20.0. The third-order valence-electron chi connectivity index (χ3n) is 6.44. The molecule has 0 spiro atoms. The molecule has 2 amide bonds. The molecule has 7 nitrogen and oxygen atoms in total. The van der Waals surface area contributed by atoms with Gasteiger partial charge in [0.05, 0.1) is 24.7 Å². The van der Waals surface area contributed by atoms with Crippen LogP contribution in [0.5, 0.6) is 5.75 Å². The quantitative estimate of drug-likeness (QED) is 0.614. The van der Waals surface area contributed by atoms with E-state index in [0.717, 1.165) is 5.56 Å². The number of ether oxygens (including phenoxy) is 2. The number of hydrogen-bond acceptors (Lipinski definition) is 5. The SMILES string of the molecule is CNC(=O)c1cc(C(=O)NNC2C3COC[C@@H]32)cc2c1O[C@H](CF)[C@H]2c1ccccc1. The highest BCUT2D eigenvalue weighted by Crippen LogP contribution is 2.45. The largest absolute Gasteiger partial charge is 0.486 e. The fourth-order valence-electron chi connectivity index (χ4n) is 4.72. The van der Waals surface area contributed by atoms with Gasteiger partial charge >= 0.3 is 0 Å². The summed E-state index contributed by atoms with van der Waals surface area (Å²) in [6.07, 6.45) is -0.761. The van der Waals surface area contributed by atoms with E-state index in [0.29, 0.717) is 41.9 Å². The zero-order valence-corrected chi connectivity index (χ0v) is 17.1. The van der Waals surface area contributed by atoms with Gasteiger partial charge in [0.15, 0.2) is 0 Å². The standard InChI is InChI=1S/C23H24FN3O4/c1-25-23(29)15-8-13(22(28)27-26-20-16-10-30-11-17(16)20)7-14-19(12-5-3-2-4-6-12)18(9-24)31-21(14)15/h2-8,16-20,26H,9-11H2,1H3,(H,25,29)(H,27,28)/t16-,17?,18+,19-,20?/m0/s1. The Balaban J connectivity index is 1.47. The van der Waals surface area contributed by atoms with Gasteiger partial charge < -0.3 is 14.8 Å². The van der Waals surface area contributed by atoms with Gasteiger partial charge in [-0.1, -0.05) is 30.3 Å². The number of benzene rings is 2. The lowest BCUT2D eigenvalue weighted by atomic mass is 9.86. The molecule has 2 unspecified atom stereocenters. The number of carbonyl (C=O) groups excluding carboxylic acids is 2. The van der Waals surface area contributed by atoms with Crippen LogP contribution in [0.25, 0.3) is 0 Å². The van der Waals surface area contributed by atoms with Gasteiger partial charge in [-0.25, -0.2) is 9.82 Å². The van der Waals surface area contributed by atoms with E-state index in [1.54, 1.807) is 6.07 Å². The molecule has 2 fully saturated rings. The zero-order valence-electron chi connectivity index (χ0n) is 17.1. The lowest BCUT2D eigenvalue weighted by Crippen LogP contribution is -2.41. The maximum atomic E-state index is 13.9. The van der Waals surface area contributed by atoms with Crippen molar-refractivity contribution in [2.45, 2.75) is 18.1 Å². The van der Waals surface area contributed by atoms with Gasteiger partial charge in [-0.2, -0.15) is 0 Å². The highest BCUT2D eigenvalue weighted by atomic mass is 19.1. The average Bonchev–Trinajstić information content (AvgIpc) is 3.13. The summed E-state index contributed by atoms with van der Waals surface area (Å²) in [5.41, 5.74) is 7.87. The van der Waals surface area contributed by atoms with E-state index in [1.165, 1.54) is 13.1 Å². The summed E-state index contributed by atoms with van der Waals surface area (Å²) in [5.74, 6) is 0.0405. The Bertz CT molecular complexity index is 1010. The highest BCUT2D eigenvalue weighted by molar-refractivity contribution is 6.02. The molecule has 2 aromatic rings. The van der Waals surface area contributed by atoms with Crippen LogP contribution in [0, 0.1) is 11.8 Å². The fraction of sp³-hybridized carbons (Fsp3) is 0.391. The van der Waals surface area contributed by atoms with Crippen molar-refractivity contribution in [3.63, 3.8) is 0 Å². The van der Waals surface area contributed by atoms with Crippen molar-refractivity contribution in [3.05, 3.63) is 64.7 Å². The number of amides is 2. The number of hydrazine groups is 1. The molecule has 31 heavy (non-hydrogen) atoms. The minimum atomic E-state index is -0.761. The Kier molecular flexibility index (Phi) is 5.11. The molecule has 2 aromatic carbocycles. The van der Waals surface area contributed by atoms with Gasteiger partial charge in [0.2, 0.25) is 0 Å². The molecule has 162 valence electrons.